The lowest BCUT2D eigenvalue weighted by molar-refractivity contribution is -0.118. The molecule has 0 bridgehead atoms. The van der Waals surface area contributed by atoms with Gasteiger partial charge in [-0.15, -0.1) is 0 Å². The van der Waals surface area contributed by atoms with Gasteiger partial charge >= 0.3 is 0 Å². The van der Waals surface area contributed by atoms with Gasteiger partial charge in [0.05, 0.1) is 0 Å². The Morgan fingerprint density at radius 3 is 2.50 bits per heavy atom. The van der Waals surface area contributed by atoms with Gasteiger partial charge in [0.15, 0.2) is 0 Å². The minimum Gasteiger partial charge on any atom is -0.370 e. The van der Waals surface area contributed by atoms with E-state index in [1.165, 1.54) is 0 Å². The molecule has 1 amide bonds. The largest absolute Gasteiger partial charge is 0.370 e. The first-order valence-electron chi connectivity index (χ1n) is 3.31. The highest BCUT2D eigenvalue weighted by atomic mass is 32.1. The van der Waals surface area contributed by atoms with Crippen molar-refractivity contribution in [2.75, 3.05) is 5.75 Å². The van der Waals surface area contributed by atoms with E-state index in [0.717, 1.165) is 12.2 Å². The van der Waals surface area contributed by atoms with Crippen LogP contribution in [0, 0.1) is 0 Å². The molecule has 4 heteroatoms. The molecule has 0 aromatic heterocycles. The molecule has 0 saturated heterocycles. The zero-order valence-electron chi connectivity index (χ0n) is 5.92. The van der Waals surface area contributed by atoms with Crippen LogP contribution in [0.5, 0.6) is 0 Å². The quantitative estimate of drug-likeness (QED) is 0.494. The molecular weight excluding hydrogens is 148 g/mol. The molecule has 3 nitrogen and oxygen atoms in total. The number of primary amides is 1. The van der Waals surface area contributed by atoms with Crippen LogP contribution < -0.4 is 11.5 Å². The highest BCUT2D eigenvalue weighted by Gasteiger charge is 2.02. The van der Waals surface area contributed by atoms with Gasteiger partial charge in [-0.1, -0.05) is 0 Å². The van der Waals surface area contributed by atoms with Crippen molar-refractivity contribution in [3.8, 4) is 0 Å². The summed E-state index contributed by atoms with van der Waals surface area (Å²) in [5.41, 5.74) is 10.5. The van der Waals surface area contributed by atoms with E-state index < -0.39 is 0 Å². The average Bonchev–Trinajstić information content (AvgIpc) is 1.85. The second kappa shape index (κ2) is 5.56. The van der Waals surface area contributed by atoms with E-state index in [1.807, 2.05) is 0 Å². The van der Waals surface area contributed by atoms with E-state index in [1.54, 1.807) is 0 Å². The van der Waals surface area contributed by atoms with Crippen LogP contribution in [-0.4, -0.2) is 17.7 Å². The molecule has 0 aromatic rings. The number of hydrogen-bond acceptors (Lipinski definition) is 3. The number of rotatable bonds is 5. The maximum absolute atomic E-state index is 10.3. The van der Waals surface area contributed by atoms with Crippen molar-refractivity contribution in [1.82, 2.24) is 0 Å². The summed E-state index contributed by atoms with van der Waals surface area (Å²) in [5.74, 6) is 0.481. The minimum atomic E-state index is -0.283. The summed E-state index contributed by atoms with van der Waals surface area (Å²) in [7, 11) is 0. The van der Waals surface area contributed by atoms with Crippen LogP contribution in [0.3, 0.4) is 0 Å². The maximum Gasteiger partial charge on any atom is 0.217 e. The van der Waals surface area contributed by atoms with Crippen molar-refractivity contribution in [2.45, 2.75) is 25.3 Å². The van der Waals surface area contributed by atoms with E-state index in [9.17, 15) is 4.79 Å². The monoisotopic (exact) mass is 162 g/mol. The highest BCUT2D eigenvalue weighted by Crippen LogP contribution is 1.98. The fourth-order valence-corrected chi connectivity index (χ4v) is 0.969. The number of nitrogens with two attached hydrogens (primary N) is 2. The smallest absolute Gasteiger partial charge is 0.217 e. The molecule has 1 atom stereocenters. The first kappa shape index (κ1) is 9.78. The maximum atomic E-state index is 10.3. The predicted molar refractivity (Wildman–Crippen MR) is 44.9 cm³/mol. The first-order valence-corrected chi connectivity index (χ1v) is 3.94. The van der Waals surface area contributed by atoms with Crippen molar-refractivity contribution >= 4 is 18.5 Å². The molecule has 0 radical (unpaired) electrons. The number of carbonyl (C=O) groups excluding carboxylic acids is 1. The molecular formula is C6H14N2OS. The SMILES string of the molecule is NC(=O)CC[C@H](N)CCS. The molecule has 10 heavy (non-hydrogen) atoms. The van der Waals surface area contributed by atoms with Gasteiger partial charge in [0.1, 0.15) is 0 Å². The van der Waals surface area contributed by atoms with E-state index in [2.05, 4.69) is 12.6 Å². The average molecular weight is 162 g/mol. The van der Waals surface area contributed by atoms with Crippen LogP contribution in [0.25, 0.3) is 0 Å². The van der Waals surface area contributed by atoms with Crippen molar-refractivity contribution in [2.24, 2.45) is 11.5 Å². The third-order valence-electron chi connectivity index (χ3n) is 1.26. The van der Waals surface area contributed by atoms with Crippen molar-refractivity contribution in [1.29, 1.82) is 0 Å². The fourth-order valence-electron chi connectivity index (χ4n) is 0.638. The molecule has 0 unspecified atom stereocenters. The van der Waals surface area contributed by atoms with Gasteiger partial charge in [-0.05, 0) is 18.6 Å². The number of amides is 1. The third kappa shape index (κ3) is 5.91. The zero-order valence-corrected chi connectivity index (χ0v) is 6.81. The fraction of sp³-hybridized carbons (Fsp3) is 0.833. The van der Waals surface area contributed by atoms with Crippen molar-refractivity contribution < 1.29 is 4.79 Å². The van der Waals surface area contributed by atoms with E-state index in [-0.39, 0.29) is 11.9 Å². The molecule has 0 aliphatic heterocycles. The molecule has 0 aromatic carbocycles. The summed E-state index contributed by atoms with van der Waals surface area (Å²) in [6.07, 6.45) is 1.90. The Hall–Kier alpha value is -0.220. The zero-order chi connectivity index (χ0) is 7.98. The molecule has 0 heterocycles. The van der Waals surface area contributed by atoms with E-state index >= 15 is 0 Å². The Labute approximate surface area is 66.6 Å². The summed E-state index contributed by atoms with van der Waals surface area (Å²) in [5, 5.41) is 0. The van der Waals surface area contributed by atoms with Crippen molar-refractivity contribution in [3.05, 3.63) is 0 Å². The Bertz CT molecular complexity index is 108. The number of carbonyl (C=O) groups is 1. The molecule has 4 N–H and O–H groups in total. The van der Waals surface area contributed by atoms with Crippen LogP contribution >= 0.6 is 12.6 Å². The van der Waals surface area contributed by atoms with Gasteiger partial charge < -0.3 is 11.5 Å². The molecule has 0 aliphatic carbocycles. The molecule has 0 saturated carbocycles. The van der Waals surface area contributed by atoms with Gasteiger partial charge in [-0.3, -0.25) is 4.79 Å². The molecule has 0 spiro atoms. The van der Waals surface area contributed by atoms with Gasteiger partial charge in [0.25, 0.3) is 0 Å². The Balaban J connectivity index is 3.21. The first-order chi connectivity index (χ1) is 4.66. The lowest BCUT2D eigenvalue weighted by atomic mass is 10.1. The normalized spacial score (nSPS) is 13.0. The van der Waals surface area contributed by atoms with Crippen molar-refractivity contribution in [3.63, 3.8) is 0 Å². The Morgan fingerprint density at radius 2 is 2.10 bits per heavy atom. The summed E-state index contributed by atoms with van der Waals surface area (Å²) in [6.45, 7) is 0. The molecule has 0 fully saturated rings. The summed E-state index contributed by atoms with van der Waals surface area (Å²) < 4.78 is 0. The van der Waals surface area contributed by atoms with Gasteiger partial charge in [-0.25, -0.2) is 0 Å². The number of thiol groups is 1. The standard InChI is InChI=1S/C6H14N2OS/c7-5(3-4-10)1-2-6(8)9/h5,10H,1-4,7H2,(H2,8,9)/t5-/m0/s1. The number of hydrogen-bond donors (Lipinski definition) is 3. The van der Waals surface area contributed by atoms with Crippen LogP contribution in [0.1, 0.15) is 19.3 Å². The Morgan fingerprint density at radius 1 is 1.50 bits per heavy atom. The molecule has 0 aliphatic rings. The van der Waals surface area contributed by atoms with E-state index in [0.29, 0.717) is 12.8 Å². The topological polar surface area (TPSA) is 69.1 Å². The van der Waals surface area contributed by atoms with Crippen LogP contribution in [0.15, 0.2) is 0 Å². The third-order valence-corrected chi connectivity index (χ3v) is 1.52. The second-order valence-corrected chi connectivity index (χ2v) is 2.72. The van der Waals surface area contributed by atoms with Gasteiger partial charge in [-0.2, -0.15) is 12.6 Å². The minimum absolute atomic E-state index is 0.0741. The van der Waals surface area contributed by atoms with Gasteiger partial charge in [0.2, 0.25) is 5.91 Å². The van der Waals surface area contributed by atoms with Gasteiger partial charge in [0, 0.05) is 12.5 Å². The predicted octanol–water partition coefficient (Wildman–Crippen LogP) is -0.101. The Kier molecular flexibility index (Phi) is 5.43. The van der Waals surface area contributed by atoms with Crippen LogP contribution in [0.4, 0.5) is 0 Å². The van der Waals surface area contributed by atoms with E-state index in [4.69, 9.17) is 11.5 Å². The highest BCUT2D eigenvalue weighted by molar-refractivity contribution is 7.80. The molecule has 0 rings (SSSR count). The summed E-state index contributed by atoms with van der Waals surface area (Å²) in [4.78, 5) is 10.3. The lowest BCUT2D eigenvalue weighted by Crippen LogP contribution is -2.23. The second-order valence-electron chi connectivity index (χ2n) is 2.28. The summed E-state index contributed by atoms with van der Waals surface area (Å²) >= 11 is 4.01. The lowest BCUT2D eigenvalue weighted by Gasteiger charge is -2.06. The van der Waals surface area contributed by atoms with Crippen LogP contribution in [-0.2, 0) is 4.79 Å². The summed E-state index contributed by atoms with van der Waals surface area (Å²) in [6, 6.07) is 0.0741. The molecule has 60 valence electrons. The van der Waals surface area contributed by atoms with Crippen LogP contribution in [0.2, 0.25) is 0 Å².